The van der Waals surface area contributed by atoms with Gasteiger partial charge in [0, 0.05) is 18.6 Å². The number of fused-ring (bicyclic) bond motifs is 2. The van der Waals surface area contributed by atoms with Gasteiger partial charge in [-0.05, 0) is 70.1 Å². The molecule has 0 aromatic heterocycles. The molecule has 0 aromatic rings. The summed E-state index contributed by atoms with van der Waals surface area (Å²) in [6.45, 7) is 9.94. The first-order valence-corrected chi connectivity index (χ1v) is 6.81. The largest absolute Gasteiger partial charge is 0.298 e. The van der Waals surface area contributed by atoms with E-state index in [9.17, 15) is 0 Å². The first-order valence-electron chi connectivity index (χ1n) is 6.81. The topological polar surface area (TPSA) is 3.24 Å². The van der Waals surface area contributed by atoms with Gasteiger partial charge in [-0.15, -0.1) is 0 Å². The highest BCUT2D eigenvalue weighted by Crippen LogP contribution is 2.52. The van der Waals surface area contributed by atoms with Gasteiger partial charge in [0.15, 0.2) is 0 Å². The molecule has 2 bridgehead atoms. The average Bonchev–Trinajstić information content (AvgIpc) is 2.64. The Hall–Kier alpha value is -0.0400. The Bertz CT molecular complexity index is 225. The van der Waals surface area contributed by atoms with Crippen LogP contribution in [0.25, 0.3) is 0 Å². The molecule has 1 heteroatoms. The van der Waals surface area contributed by atoms with Crippen molar-refractivity contribution < 1.29 is 0 Å². The van der Waals surface area contributed by atoms with Crippen LogP contribution in [0.4, 0.5) is 0 Å². The SMILES string of the molecule is CC(C)(C)N1CC2C3CCC(CC3)C2C1. The molecule has 3 saturated carbocycles. The summed E-state index contributed by atoms with van der Waals surface area (Å²) in [5.74, 6) is 4.31. The normalized spacial score (nSPS) is 45.8. The summed E-state index contributed by atoms with van der Waals surface area (Å²) in [5, 5.41) is 0. The number of hydrogen-bond donors (Lipinski definition) is 0. The van der Waals surface area contributed by atoms with Gasteiger partial charge in [-0.1, -0.05) is 0 Å². The minimum absolute atomic E-state index is 0.400. The van der Waals surface area contributed by atoms with Gasteiger partial charge in [0.1, 0.15) is 0 Å². The molecule has 4 fully saturated rings. The molecule has 0 radical (unpaired) electrons. The van der Waals surface area contributed by atoms with Gasteiger partial charge < -0.3 is 0 Å². The molecule has 15 heavy (non-hydrogen) atoms. The lowest BCUT2D eigenvalue weighted by molar-refractivity contribution is 0.0577. The first kappa shape index (κ1) is 10.1. The molecular weight excluding hydrogens is 182 g/mol. The number of rotatable bonds is 0. The summed E-state index contributed by atoms with van der Waals surface area (Å²) >= 11 is 0. The zero-order valence-corrected chi connectivity index (χ0v) is 10.5. The maximum atomic E-state index is 2.75. The van der Waals surface area contributed by atoms with Crippen LogP contribution in [0, 0.1) is 23.7 Å². The third-order valence-electron chi connectivity index (χ3n) is 5.39. The van der Waals surface area contributed by atoms with Crippen LogP contribution in [0.15, 0.2) is 0 Å². The summed E-state index contributed by atoms with van der Waals surface area (Å²) in [5.41, 5.74) is 0.400. The summed E-state index contributed by atoms with van der Waals surface area (Å²) in [4.78, 5) is 2.75. The van der Waals surface area contributed by atoms with E-state index in [2.05, 4.69) is 25.7 Å². The van der Waals surface area contributed by atoms with Crippen LogP contribution in [-0.2, 0) is 0 Å². The van der Waals surface area contributed by atoms with Crippen molar-refractivity contribution in [2.24, 2.45) is 23.7 Å². The van der Waals surface area contributed by atoms with E-state index in [0.29, 0.717) is 5.54 Å². The van der Waals surface area contributed by atoms with E-state index in [4.69, 9.17) is 0 Å². The van der Waals surface area contributed by atoms with Gasteiger partial charge in [-0.25, -0.2) is 0 Å². The second kappa shape index (κ2) is 3.23. The molecule has 4 rings (SSSR count). The maximum Gasteiger partial charge on any atom is 0.0125 e. The van der Waals surface area contributed by atoms with Crippen molar-refractivity contribution in [3.63, 3.8) is 0 Å². The molecule has 0 aromatic carbocycles. The highest BCUT2D eigenvalue weighted by atomic mass is 15.2. The molecule has 1 saturated heterocycles. The summed E-state index contributed by atoms with van der Waals surface area (Å²) in [6, 6.07) is 0. The molecule has 4 aliphatic rings. The van der Waals surface area contributed by atoms with Gasteiger partial charge in [-0.2, -0.15) is 0 Å². The molecular formula is C14H25N. The van der Waals surface area contributed by atoms with Crippen molar-refractivity contribution in [3.05, 3.63) is 0 Å². The number of likely N-dealkylation sites (tertiary alicyclic amines) is 1. The van der Waals surface area contributed by atoms with E-state index in [1.807, 2.05) is 0 Å². The Balaban J connectivity index is 1.79. The maximum absolute atomic E-state index is 2.75. The third kappa shape index (κ3) is 1.54. The van der Waals surface area contributed by atoms with E-state index >= 15 is 0 Å². The van der Waals surface area contributed by atoms with E-state index in [1.54, 1.807) is 25.7 Å². The van der Waals surface area contributed by atoms with Crippen molar-refractivity contribution in [1.82, 2.24) is 4.90 Å². The van der Waals surface area contributed by atoms with Crippen LogP contribution in [-0.4, -0.2) is 23.5 Å². The Morgan fingerprint density at radius 2 is 1.20 bits per heavy atom. The zero-order valence-electron chi connectivity index (χ0n) is 10.5. The van der Waals surface area contributed by atoms with Gasteiger partial charge >= 0.3 is 0 Å². The minimum atomic E-state index is 0.400. The lowest BCUT2D eigenvalue weighted by Gasteiger charge is -2.45. The Morgan fingerprint density at radius 1 is 0.800 bits per heavy atom. The quantitative estimate of drug-likeness (QED) is 0.590. The Kier molecular flexibility index (Phi) is 2.18. The molecule has 1 aliphatic heterocycles. The second-order valence-corrected chi connectivity index (χ2v) is 7.08. The van der Waals surface area contributed by atoms with Crippen LogP contribution in [0.1, 0.15) is 46.5 Å². The molecule has 1 heterocycles. The van der Waals surface area contributed by atoms with E-state index in [1.165, 1.54) is 13.1 Å². The molecule has 0 N–H and O–H groups in total. The molecule has 86 valence electrons. The third-order valence-corrected chi connectivity index (χ3v) is 5.39. The molecule has 2 atom stereocenters. The first-order chi connectivity index (χ1) is 7.05. The van der Waals surface area contributed by atoms with Crippen LogP contribution in [0.5, 0.6) is 0 Å². The van der Waals surface area contributed by atoms with Crippen LogP contribution >= 0.6 is 0 Å². The van der Waals surface area contributed by atoms with Crippen molar-refractivity contribution in [2.75, 3.05) is 13.1 Å². The molecule has 0 spiro atoms. The van der Waals surface area contributed by atoms with Crippen molar-refractivity contribution in [1.29, 1.82) is 0 Å². The van der Waals surface area contributed by atoms with Gasteiger partial charge in [0.05, 0.1) is 0 Å². The number of nitrogens with zero attached hydrogens (tertiary/aromatic N) is 1. The van der Waals surface area contributed by atoms with E-state index in [-0.39, 0.29) is 0 Å². The summed E-state index contributed by atoms with van der Waals surface area (Å²) in [6.07, 6.45) is 6.18. The van der Waals surface area contributed by atoms with Gasteiger partial charge in [0.25, 0.3) is 0 Å². The van der Waals surface area contributed by atoms with Crippen LogP contribution in [0.3, 0.4) is 0 Å². The molecule has 1 nitrogen and oxygen atoms in total. The van der Waals surface area contributed by atoms with Crippen LogP contribution < -0.4 is 0 Å². The predicted molar refractivity (Wildman–Crippen MR) is 63.8 cm³/mol. The van der Waals surface area contributed by atoms with E-state index in [0.717, 1.165) is 23.7 Å². The van der Waals surface area contributed by atoms with Gasteiger partial charge in [-0.3, -0.25) is 4.90 Å². The summed E-state index contributed by atoms with van der Waals surface area (Å²) < 4.78 is 0. The number of hydrogen-bond acceptors (Lipinski definition) is 1. The fraction of sp³-hybridized carbons (Fsp3) is 1.00. The fourth-order valence-electron chi connectivity index (χ4n) is 4.40. The van der Waals surface area contributed by atoms with Gasteiger partial charge in [0.2, 0.25) is 0 Å². The predicted octanol–water partition coefficient (Wildman–Crippen LogP) is 3.15. The average molecular weight is 207 g/mol. The van der Waals surface area contributed by atoms with Crippen molar-refractivity contribution in [2.45, 2.75) is 52.0 Å². The molecule has 0 amide bonds. The smallest absolute Gasteiger partial charge is 0.0125 e. The minimum Gasteiger partial charge on any atom is -0.298 e. The Morgan fingerprint density at radius 3 is 1.53 bits per heavy atom. The lowest BCUT2D eigenvalue weighted by atomic mass is 9.60. The standard InChI is InChI=1S/C14H25N/c1-14(2,3)15-8-12-10-4-5-11(7-6-10)13(12)9-15/h10-13H,4-9H2,1-3H3. The second-order valence-electron chi connectivity index (χ2n) is 7.08. The monoisotopic (exact) mass is 207 g/mol. The van der Waals surface area contributed by atoms with Crippen molar-refractivity contribution >= 4 is 0 Å². The van der Waals surface area contributed by atoms with Crippen LogP contribution in [0.2, 0.25) is 0 Å². The Labute approximate surface area is 94.2 Å². The highest BCUT2D eigenvalue weighted by Gasteiger charge is 2.49. The fourth-order valence-corrected chi connectivity index (χ4v) is 4.40. The summed E-state index contributed by atoms with van der Waals surface area (Å²) in [7, 11) is 0. The highest BCUT2D eigenvalue weighted by molar-refractivity contribution is 5.01. The molecule has 2 unspecified atom stereocenters. The van der Waals surface area contributed by atoms with E-state index < -0.39 is 0 Å². The zero-order chi connectivity index (χ0) is 10.6. The lowest BCUT2D eigenvalue weighted by Crippen LogP contribution is -2.39. The molecule has 3 aliphatic carbocycles. The van der Waals surface area contributed by atoms with Crippen molar-refractivity contribution in [3.8, 4) is 0 Å².